The molecule has 1 aliphatic heterocycles. The Morgan fingerprint density at radius 3 is 2.53 bits per heavy atom. The summed E-state index contributed by atoms with van der Waals surface area (Å²) < 4.78 is 18.7. The number of nitrogens with zero attached hydrogens (tertiary/aromatic N) is 4. The van der Waals surface area contributed by atoms with Gasteiger partial charge < -0.3 is 14.7 Å². The van der Waals surface area contributed by atoms with E-state index in [0.717, 1.165) is 12.0 Å². The van der Waals surface area contributed by atoms with Gasteiger partial charge in [0.25, 0.3) is 5.91 Å². The van der Waals surface area contributed by atoms with Gasteiger partial charge >= 0.3 is 0 Å². The van der Waals surface area contributed by atoms with Crippen LogP contribution in [0.25, 0.3) is 0 Å². The predicted octanol–water partition coefficient (Wildman–Crippen LogP) is 2.49. The molecular weight excluding hydrogens is 387 g/mol. The van der Waals surface area contributed by atoms with Crippen molar-refractivity contribution in [2.45, 2.75) is 25.0 Å². The number of aliphatic hydroxyl groups excluding tert-OH is 1. The summed E-state index contributed by atoms with van der Waals surface area (Å²) in [5.41, 5.74) is 1.64. The highest BCUT2D eigenvalue weighted by Crippen LogP contribution is 2.28. The highest BCUT2D eigenvalue weighted by atomic mass is 19.1. The Morgan fingerprint density at radius 1 is 1.13 bits per heavy atom. The third kappa shape index (κ3) is 4.83. The zero-order chi connectivity index (χ0) is 20.9. The molecule has 156 valence electrons. The zero-order valence-electron chi connectivity index (χ0n) is 16.4. The molecule has 0 saturated carbocycles. The number of benzene rings is 2. The quantitative estimate of drug-likeness (QED) is 0.647. The molecule has 2 atom stereocenters. The van der Waals surface area contributed by atoms with Crippen LogP contribution in [0.15, 0.2) is 60.9 Å². The Hall–Kier alpha value is -3.26. The lowest BCUT2D eigenvalue weighted by atomic mass is 9.99. The predicted molar refractivity (Wildman–Crippen MR) is 108 cm³/mol. The Kier molecular flexibility index (Phi) is 6.04. The van der Waals surface area contributed by atoms with Gasteiger partial charge in [-0.1, -0.05) is 12.1 Å². The van der Waals surface area contributed by atoms with Crippen LogP contribution in [0.1, 0.15) is 28.3 Å². The van der Waals surface area contributed by atoms with Crippen molar-refractivity contribution < 1.29 is 19.0 Å². The summed E-state index contributed by atoms with van der Waals surface area (Å²) in [5, 5.41) is 17.9. The first-order chi connectivity index (χ1) is 14.6. The molecule has 2 aromatic carbocycles. The number of likely N-dealkylation sites (tertiary alicyclic amines) is 1. The Bertz CT molecular complexity index is 961. The molecule has 0 radical (unpaired) electrons. The molecule has 0 bridgehead atoms. The monoisotopic (exact) mass is 410 g/mol. The lowest BCUT2D eigenvalue weighted by Crippen LogP contribution is -2.28. The minimum absolute atomic E-state index is 0.0315. The number of carbonyl (C=O) groups excluding carboxylic acids is 1. The van der Waals surface area contributed by atoms with Crippen molar-refractivity contribution >= 4 is 5.91 Å². The van der Waals surface area contributed by atoms with Gasteiger partial charge in [0.2, 0.25) is 0 Å². The van der Waals surface area contributed by atoms with Crippen molar-refractivity contribution in [3.63, 3.8) is 0 Å². The van der Waals surface area contributed by atoms with Crippen LogP contribution in [0, 0.1) is 5.82 Å². The number of rotatable bonds is 7. The summed E-state index contributed by atoms with van der Waals surface area (Å²) in [4.78, 5) is 16.0. The van der Waals surface area contributed by atoms with E-state index in [1.165, 1.54) is 16.9 Å². The summed E-state index contributed by atoms with van der Waals surface area (Å²) in [6.07, 6.45) is 3.21. The van der Waals surface area contributed by atoms with E-state index in [1.807, 2.05) is 4.90 Å². The normalized spacial score (nSPS) is 17.1. The molecule has 8 heteroatoms. The first-order valence-corrected chi connectivity index (χ1v) is 9.88. The highest BCUT2D eigenvalue weighted by Gasteiger charge is 2.28. The van der Waals surface area contributed by atoms with Crippen LogP contribution >= 0.6 is 0 Å². The Labute approximate surface area is 173 Å². The van der Waals surface area contributed by atoms with Gasteiger partial charge in [-0.2, -0.15) is 15.0 Å². The molecule has 1 aromatic heterocycles. The molecular formula is C22H23FN4O3. The average molecular weight is 410 g/mol. The summed E-state index contributed by atoms with van der Waals surface area (Å²) in [5.74, 6) is 0.515. The fraction of sp³-hybridized carbons (Fsp3) is 0.318. The number of hydrogen-bond donors (Lipinski definition) is 1. The van der Waals surface area contributed by atoms with E-state index in [9.17, 15) is 14.3 Å². The van der Waals surface area contributed by atoms with Crippen LogP contribution in [0.2, 0.25) is 0 Å². The molecule has 3 aromatic rings. The van der Waals surface area contributed by atoms with E-state index >= 15 is 0 Å². The molecule has 4 rings (SSSR count). The van der Waals surface area contributed by atoms with E-state index in [2.05, 4.69) is 10.2 Å². The van der Waals surface area contributed by atoms with Crippen molar-refractivity contribution in [2.75, 3.05) is 19.7 Å². The summed E-state index contributed by atoms with van der Waals surface area (Å²) in [6, 6.07) is 13.4. The van der Waals surface area contributed by atoms with Crippen LogP contribution in [0.5, 0.6) is 5.75 Å². The average Bonchev–Trinajstić information content (AvgIpc) is 3.45. The van der Waals surface area contributed by atoms with Crippen LogP contribution in [0.4, 0.5) is 4.39 Å². The van der Waals surface area contributed by atoms with Gasteiger partial charge in [0.15, 0.2) is 0 Å². The zero-order valence-corrected chi connectivity index (χ0v) is 16.4. The van der Waals surface area contributed by atoms with Crippen molar-refractivity contribution in [1.82, 2.24) is 19.9 Å². The topological polar surface area (TPSA) is 80.5 Å². The number of halogens is 1. The molecule has 0 aliphatic carbocycles. The molecule has 1 fully saturated rings. The van der Waals surface area contributed by atoms with Crippen molar-refractivity contribution in [1.29, 1.82) is 0 Å². The number of ether oxygens (including phenoxy) is 1. The van der Waals surface area contributed by atoms with Crippen LogP contribution in [-0.4, -0.2) is 56.7 Å². The van der Waals surface area contributed by atoms with Gasteiger partial charge in [-0.3, -0.25) is 4.79 Å². The van der Waals surface area contributed by atoms with Gasteiger partial charge in [-0.25, -0.2) is 4.39 Å². The van der Waals surface area contributed by atoms with E-state index < -0.39 is 6.10 Å². The maximum Gasteiger partial charge on any atom is 0.253 e. The number of amides is 1. The number of hydrogen-bond acceptors (Lipinski definition) is 5. The van der Waals surface area contributed by atoms with Crippen LogP contribution in [0.3, 0.4) is 0 Å². The van der Waals surface area contributed by atoms with E-state index in [-0.39, 0.29) is 30.8 Å². The molecule has 1 aliphatic rings. The fourth-order valence-corrected chi connectivity index (χ4v) is 3.60. The van der Waals surface area contributed by atoms with Gasteiger partial charge in [-0.05, 0) is 48.4 Å². The smallest absolute Gasteiger partial charge is 0.253 e. The number of aliphatic hydroxyl groups is 1. The minimum Gasteiger partial charge on any atom is -0.491 e. The van der Waals surface area contributed by atoms with Crippen LogP contribution in [-0.2, 0) is 6.54 Å². The molecule has 7 nitrogen and oxygen atoms in total. The van der Waals surface area contributed by atoms with Gasteiger partial charge in [0.05, 0.1) is 18.9 Å². The summed E-state index contributed by atoms with van der Waals surface area (Å²) >= 11 is 0. The minimum atomic E-state index is -0.744. The third-order valence-electron chi connectivity index (χ3n) is 5.20. The third-order valence-corrected chi connectivity index (χ3v) is 5.20. The van der Waals surface area contributed by atoms with E-state index in [4.69, 9.17) is 4.74 Å². The van der Waals surface area contributed by atoms with Crippen LogP contribution < -0.4 is 4.74 Å². The number of aromatic nitrogens is 3. The molecule has 2 heterocycles. The molecule has 1 saturated heterocycles. The standard InChI is InChI=1S/C22H23FN4O3/c23-19-5-1-16(2-6-19)18-9-12-26(13-18)22(29)17-3-7-21(8-4-17)30-15-20(28)14-27-24-10-11-25-27/h1-8,10-11,18,20,28H,9,12-15H2/t18-,20+/m0/s1. The van der Waals surface area contributed by atoms with Crippen molar-refractivity contribution in [3.8, 4) is 5.75 Å². The Morgan fingerprint density at radius 2 is 1.83 bits per heavy atom. The summed E-state index contributed by atoms with van der Waals surface area (Å²) in [7, 11) is 0. The Balaban J connectivity index is 1.29. The lowest BCUT2D eigenvalue weighted by molar-refractivity contribution is 0.0789. The highest BCUT2D eigenvalue weighted by molar-refractivity contribution is 5.94. The second kappa shape index (κ2) is 9.04. The van der Waals surface area contributed by atoms with Gasteiger partial charge in [0, 0.05) is 24.6 Å². The SMILES string of the molecule is O=C(c1ccc(OC[C@H](O)Cn2nccn2)cc1)N1CC[C@H](c2ccc(F)cc2)C1. The molecule has 0 spiro atoms. The second-order valence-corrected chi connectivity index (χ2v) is 7.36. The summed E-state index contributed by atoms with van der Waals surface area (Å²) in [6.45, 7) is 1.64. The van der Waals surface area contributed by atoms with E-state index in [0.29, 0.717) is 24.4 Å². The molecule has 30 heavy (non-hydrogen) atoms. The first kappa shape index (κ1) is 20.0. The molecule has 1 N–H and O–H groups in total. The van der Waals surface area contributed by atoms with Crippen molar-refractivity contribution in [2.24, 2.45) is 0 Å². The molecule has 0 unspecified atom stereocenters. The fourth-order valence-electron chi connectivity index (χ4n) is 3.60. The van der Waals surface area contributed by atoms with Gasteiger partial charge in [0.1, 0.15) is 24.3 Å². The number of carbonyl (C=O) groups is 1. The maximum atomic E-state index is 13.1. The van der Waals surface area contributed by atoms with Crippen molar-refractivity contribution in [3.05, 3.63) is 77.9 Å². The second-order valence-electron chi connectivity index (χ2n) is 7.36. The van der Waals surface area contributed by atoms with Gasteiger partial charge in [-0.15, -0.1) is 0 Å². The first-order valence-electron chi connectivity index (χ1n) is 9.88. The molecule has 1 amide bonds. The van der Waals surface area contributed by atoms with E-state index in [1.54, 1.807) is 48.8 Å². The maximum absolute atomic E-state index is 13.1. The lowest BCUT2D eigenvalue weighted by Gasteiger charge is -2.17. The largest absolute Gasteiger partial charge is 0.491 e.